The summed E-state index contributed by atoms with van der Waals surface area (Å²) < 4.78 is 0. The number of piperidine rings is 1. The number of nitriles is 1. The van der Waals surface area contributed by atoms with E-state index in [4.69, 9.17) is 5.26 Å². The molecule has 0 aromatic heterocycles. The normalized spacial score (nSPS) is 16.6. The van der Waals surface area contributed by atoms with Crippen LogP contribution in [0.4, 0.5) is 5.69 Å². The maximum Gasteiger partial charge on any atom is 0.101 e. The predicted molar refractivity (Wildman–Crippen MR) is 74.6 cm³/mol. The Hall–Kier alpha value is -1.53. The number of hydrogen-bond acceptors (Lipinski definition) is 3. The van der Waals surface area contributed by atoms with E-state index in [9.17, 15) is 0 Å². The van der Waals surface area contributed by atoms with Gasteiger partial charge in [-0.15, -0.1) is 0 Å². The molecule has 1 aromatic rings. The van der Waals surface area contributed by atoms with E-state index in [2.05, 4.69) is 29.3 Å². The van der Waals surface area contributed by atoms with Crippen molar-refractivity contribution < 1.29 is 0 Å². The first-order chi connectivity index (χ1) is 8.85. The van der Waals surface area contributed by atoms with Crippen LogP contribution in [-0.2, 0) is 0 Å². The molecule has 1 aromatic carbocycles. The molecule has 1 heterocycles. The van der Waals surface area contributed by atoms with Gasteiger partial charge in [-0.05, 0) is 44.0 Å². The van der Waals surface area contributed by atoms with Gasteiger partial charge in [0, 0.05) is 13.1 Å². The third-order valence-corrected chi connectivity index (χ3v) is 3.66. The monoisotopic (exact) mass is 243 g/mol. The minimum Gasteiger partial charge on any atom is -0.370 e. The van der Waals surface area contributed by atoms with Gasteiger partial charge in [0.2, 0.25) is 0 Å². The van der Waals surface area contributed by atoms with Crippen LogP contribution in [0.25, 0.3) is 0 Å². The van der Waals surface area contributed by atoms with Crippen molar-refractivity contribution in [2.24, 2.45) is 5.92 Å². The van der Waals surface area contributed by atoms with E-state index in [1.54, 1.807) is 0 Å². The van der Waals surface area contributed by atoms with Crippen molar-refractivity contribution in [1.29, 1.82) is 5.26 Å². The number of anilines is 1. The summed E-state index contributed by atoms with van der Waals surface area (Å²) in [6.07, 6.45) is 2.43. The van der Waals surface area contributed by atoms with Gasteiger partial charge in [-0.1, -0.05) is 19.1 Å². The number of nitrogens with one attached hydrogen (secondary N) is 1. The molecule has 0 bridgehead atoms. The number of para-hydroxylation sites is 1. The van der Waals surface area contributed by atoms with Crippen molar-refractivity contribution in [2.45, 2.75) is 19.8 Å². The Bertz CT molecular complexity index is 414. The Kier molecular flexibility index (Phi) is 4.60. The van der Waals surface area contributed by atoms with Crippen LogP contribution in [0.15, 0.2) is 24.3 Å². The molecule has 0 atom stereocenters. The average Bonchev–Trinajstić information content (AvgIpc) is 2.45. The lowest BCUT2D eigenvalue weighted by Crippen LogP contribution is -2.37. The summed E-state index contributed by atoms with van der Waals surface area (Å²) in [4.78, 5) is 2.35. The van der Waals surface area contributed by atoms with Gasteiger partial charge < -0.3 is 10.2 Å². The molecule has 0 aliphatic carbocycles. The summed E-state index contributed by atoms with van der Waals surface area (Å²) in [5.74, 6) is 0.787. The molecule has 96 valence electrons. The summed E-state index contributed by atoms with van der Waals surface area (Å²) in [6, 6.07) is 10.2. The zero-order valence-corrected chi connectivity index (χ0v) is 11.0. The number of rotatable bonds is 4. The first-order valence-electron chi connectivity index (χ1n) is 6.80. The Morgan fingerprint density at radius 1 is 1.33 bits per heavy atom. The lowest BCUT2D eigenvalue weighted by molar-refractivity contribution is 0.386. The molecular weight excluding hydrogens is 222 g/mol. The van der Waals surface area contributed by atoms with E-state index < -0.39 is 0 Å². The molecule has 0 amide bonds. The zero-order valence-electron chi connectivity index (χ0n) is 11.0. The molecule has 1 N–H and O–H groups in total. The Morgan fingerprint density at radius 3 is 2.72 bits per heavy atom. The third-order valence-electron chi connectivity index (χ3n) is 3.66. The minimum absolute atomic E-state index is 0.787. The van der Waals surface area contributed by atoms with E-state index in [-0.39, 0.29) is 0 Å². The van der Waals surface area contributed by atoms with E-state index in [0.29, 0.717) is 0 Å². The predicted octanol–water partition coefficient (Wildman–Crippen LogP) is 2.38. The first-order valence-corrected chi connectivity index (χ1v) is 6.80. The molecule has 1 aliphatic rings. The highest BCUT2D eigenvalue weighted by Gasteiger charge is 2.20. The maximum atomic E-state index is 9.13. The second kappa shape index (κ2) is 6.42. The van der Waals surface area contributed by atoms with Crippen LogP contribution in [0.3, 0.4) is 0 Å². The van der Waals surface area contributed by atoms with Gasteiger partial charge in [0.1, 0.15) is 6.07 Å². The minimum atomic E-state index is 0.787. The largest absolute Gasteiger partial charge is 0.370 e. The SMILES string of the molecule is CCNCC1CCN(c2ccccc2C#N)CC1. The summed E-state index contributed by atoms with van der Waals surface area (Å²) in [6.45, 7) is 6.46. The van der Waals surface area contributed by atoms with Gasteiger partial charge in [-0.25, -0.2) is 0 Å². The van der Waals surface area contributed by atoms with Crippen LogP contribution in [0, 0.1) is 17.2 Å². The van der Waals surface area contributed by atoms with Gasteiger partial charge in [-0.3, -0.25) is 0 Å². The summed E-state index contributed by atoms with van der Waals surface area (Å²) >= 11 is 0. The Balaban J connectivity index is 1.95. The topological polar surface area (TPSA) is 39.1 Å². The van der Waals surface area contributed by atoms with E-state index >= 15 is 0 Å². The van der Waals surface area contributed by atoms with Crippen molar-refractivity contribution >= 4 is 5.69 Å². The van der Waals surface area contributed by atoms with Crippen molar-refractivity contribution in [3.63, 3.8) is 0 Å². The Labute approximate surface area is 109 Å². The highest BCUT2D eigenvalue weighted by atomic mass is 15.1. The van der Waals surface area contributed by atoms with Gasteiger partial charge in [-0.2, -0.15) is 5.26 Å². The van der Waals surface area contributed by atoms with Crippen LogP contribution in [0.5, 0.6) is 0 Å². The maximum absolute atomic E-state index is 9.13. The molecule has 1 fully saturated rings. The van der Waals surface area contributed by atoms with Crippen LogP contribution in [0.1, 0.15) is 25.3 Å². The van der Waals surface area contributed by atoms with Gasteiger partial charge in [0.05, 0.1) is 11.3 Å². The molecule has 0 spiro atoms. The van der Waals surface area contributed by atoms with Crippen molar-refractivity contribution in [3.05, 3.63) is 29.8 Å². The summed E-state index contributed by atoms with van der Waals surface area (Å²) in [7, 11) is 0. The Morgan fingerprint density at radius 2 is 2.06 bits per heavy atom. The van der Waals surface area contributed by atoms with Gasteiger partial charge in [0.25, 0.3) is 0 Å². The fourth-order valence-corrected chi connectivity index (χ4v) is 2.57. The zero-order chi connectivity index (χ0) is 12.8. The standard InChI is InChI=1S/C15H21N3/c1-2-17-12-13-7-9-18(10-8-13)15-6-4-3-5-14(15)11-16/h3-6,13,17H,2,7-10,12H2,1H3. The molecule has 0 saturated carbocycles. The van der Waals surface area contributed by atoms with E-state index in [0.717, 1.165) is 43.3 Å². The lowest BCUT2D eigenvalue weighted by Gasteiger charge is -2.34. The fraction of sp³-hybridized carbons (Fsp3) is 0.533. The second-order valence-corrected chi connectivity index (χ2v) is 4.87. The second-order valence-electron chi connectivity index (χ2n) is 4.87. The molecule has 1 aliphatic heterocycles. The van der Waals surface area contributed by atoms with Gasteiger partial charge >= 0.3 is 0 Å². The summed E-state index contributed by atoms with van der Waals surface area (Å²) in [5.41, 5.74) is 1.89. The molecule has 3 heteroatoms. The quantitative estimate of drug-likeness (QED) is 0.882. The van der Waals surface area contributed by atoms with Crippen molar-refractivity contribution in [3.8, 4) is 6.07 Å². The molecule has 0 radical (unpaired) electrons. The molecule has 2 rings (SSSR count). The number of hydrogen-bond donors (Lipinski definition) is 1. The van der Waals surface area contributed by atoms with E-state index in [1.807, 2.05) is 18.2 Å². The highest BCUT2D eigenvalue weighted by molar-refractivity contribution is 5.59. The molecular formula is C15H21N3. The van der Waals surface area contributed by atoms with E-state index in [1.165, 1.54) is 12.8 Å². The average molecular weight is 243 g/mol. The number of nitrogens with zero attached hydrogens (tertiary/aromatic N) is 2. The molecule has 3 nitrogen and oxygen atoms in total. The van der Waals surface area contributed by atoms with Crippen LogP contribution >= 0.6 is 0 Å². The van der Waals surface area contributed by atoms with Crippen LogP contribution in [-0.4, -0.2) is 26.2 Å². The lowest BCUT2D eigenvalue weighted by atomic mass is 9.96. The molecule has 18 heavy (non-hydrogen) atoms. The highest BCUT2D eigenvalue weighted by Crippen LogP contribution is 2.25. The van der Waals surface area contributed by atoms with Crippen molar-refractivity contribution in [1.82, 2.24) is 5.32 Å². The van der Waals surface area contributed by atoms with Gasteiger partial charge in [0.15, 0.2) is 0 Å². The first kappa shape index (κ1) is 12.9. The summed E-state index contributed by atoms with van der Waals surface area (Å²) in [5, 5.41) is 12.6. The fourth-order valence-electron chi connectivity index (χ4n) is 2.57. The van der Waals surface area contributed by atoms with Crippen molar-refractivity contribution in [2.75, 3.05) is 31.1 Å². The molecule has 0 unspecified atom stereocenters. The smallest absolute Gasteiger partial charge is 0.101 e. The van der Waals surface area contributed by atoms with Crippen LogP contribution in [0.2, 0.25) is 0 Å². The van der Waals surface area contributed by atoms with Crippen LogP contribution < -0.4 is 10.2 Å². The molecule has 1 saturated heterocycles. The number of benzene rings is 1. The third kappa shape index (κ3) is 3.02.